The predicted octanol–water partition coefficient (Wildman–Crippen LogP) is 1.36. The first-order valence-corrected chi connectivity index (χ1v) is 8.28. The van der Waals surface area contributed by atoms with Crippen LogP contribution in [0.3, 0.4) is 0 Å². The van der Waals surface area contributed by atoms with Crippen LogP contribution in [-0.2, 0) is 15.1 Å². The number of nitrogens with zero attached hydrogens (tertiary/aromatic N) is 1. The fraction of sp³-hybridized carbons (Fsp3) is 0.412. The van der Waals surface area contributed by atoms with Crippen LogP contribution in [0.1, 0.15) is 32.8 Å². The first-order chi connectivity index (χ1) is 12.6. The van der Waals surface area contributed by atoms with E-state index in [1.807, 2.05) is 12.2 Å². The third-order valence-electron chi connectivity index (χ3n) is 4.29. The number of halogens is 2. The maximum absolute atomic E-state index is 14.1. The van der Waals surface area contributed by atoms with Crippen LogP contribution in [0.4, 0.5) is 18.4 Å². The average Bonchev–Trinajstić information content (AvgIpc) is 2.80. The van der Waals surface area contributed by atoms with Gasteiger partial charge in [-0.2, -0.15) is 0 Å². The maximum Gasteiger partial charge on any atom is 0.325 e. The lowest BCUT2D eigenvalue weighted by atomic mass is 9.91. The van der Waals surface area contributed by atoms with Gasteiger partial charge in [-0.05, 0) is 38.5 Å². The highest BCUT2D eigenvalue weighted by Crippen LogP contribution is 2.31. The third kappa shape index (κ3) is 4.21. The van der Waals surface area contributed by atoms with Crippen molar-refractivity contribution in [2.75, 3.05) is 6.54 Å². The lowest BCUT2D eigenvalue weighted by molar-refractivity contribution is -0.134. The smallest absolute Gasteiger partial charge is 0.325 e. The molecule has 0 bridgehead atoms. The third-order valence-corrected chi connectivity index (χ3v) is 4.29. The molecule has 1 aliphatic heterocycles. The van der Waals surface area contributed by atoms with Crippen molar-refractivity contribution in [3.8, 4) is 0 Å². The molecule has 10 heteroatoms. The van der Waals surface area contributed by atoms with Crippen molar-refractivity contribution in [3.05, 3.63) is 35.4 Å². The SMILES string of the molecule is CC[C@H](C)NC(=O)NC(=O)CN1C(=O)N[C@@](C)(c2cc(F)ccc2F)C1=O. The number of rotatable bonds is 5. The lowest BCUT2D eigenvalue weighted by Crippen LogP contribution is -2.48. The Bertz CT molecular complexity index is 801. The molecule has 1 aliphatic rings. The Morgan fingerprint density at radius 2 is 1.96 bits per heavy atom. The zero-order chi connectivity index (χ0) is 20.4. The van der Waals surface area contributed by atoms with E-state index < -0.39 is 47.6 Å². The molecule has 0 aliphatic carbocycles. The Kier molecular flexibility index (Phi) is 5.77. The molecule has 1 fully saturated rings. The van der Waals surface area contributed by atoms with E-state index in [1.54, 1.807) is 6.92 Å². The zero-order valence-corrected chi connectivity index (χ0v) is 15.1. The van der Waals surface area contributed by atoms with Gasteiger partial charge in [0.05, 0.1) is 0 Å². The van der Waals surface area contributed by atoms with Gasteiger partial charge in [0.25, 0.3) is 5.91 Å². The largest absolute Gasteiger partial charge is 0.335 e. The molecule has 27 heavy (non-hydrogen) atoms. The fourth-order valence-corrected chi connectivity index (χ4v) is 2.58. The monoisotopic (exact) mass is 382 g/mol. The van der Waals surface area contributed by atoms with Crippen molar-refractivity contribution in [2.45, 2.75) is 38.8 Å². The van der Waals surface area contributed by atoms with E-state index in [0.717, 1.165) is 18.2 Å². The van der Waals surface area contributed by atoms with Crippen LogP contribution < -0.4 is 16.0 Å². The van der Waals surface area contributed by atoms with Crippen LogP contribution in [0.25, 0.3) is 0 Å². The summed E-state index contributed by atoms with van der Waals surface area (Å²) in [6, 6.07) is 0.628. The van der Waals surface area contributed by atoms with Gasteiger partial charge in [-0.1, -0.05) is 6.92 Å². The maximum atomic E-state index is 14.1. The molecule has 2 rings (SSSR count). The number of urea groups is 2. The van der Waals surface area contributed by atoms with Crippen LogP contribution in [0.5, 0.6) is 0 Å². The van der Waals surface area contributed by atoms with Crippen molar-refractivity contribution in [2.24, 2.45) is 0 Å². The van der Waals surface area contributed by atoms with Crippen molar-refractivity contribution in [1.82, 2.24) is 20.9 Å². The number of hydrogen-bond donors (Lipinski definition) is 3. The van der Waals surface area contributed by atoms with Gasteiger partial charge >= 0.3 is 12.1 Å². The van der Waals surface area contributed by atoms with Gasteiger partial charge < -0.3 is 10.6 Å². The van der Waals surface area contributed by atoms with Gasteiger partial charge in [0.1, 0.15) is 23.7 Å². The number of benzene rings is 1. The van der Waals surface area contributed by atoms with E-state index >= 15 is 0 Å². The molecule has 8 nitrogen and oxygen atoms in total. The van der Waals surface area contributed by atoms with Crippen molar-refractivity contribution in [3.63, 3.8) is 0 Å². The molecule has 0 radical (unpaired) electrons. The molecule has 0 saturated carbocycles. The van der Waals surface area contributed by atoms with Gasteiger partial charge in [0.15, 0.2) is 0 Å². The van der Waals surface area contributed by atoms with E-state index in [-0.39, 0.29) is 11.6 Å². The molecule has 1 heterocycles. The summed E-state index contributed by atoms with van der Waals surface area (Å²) in [6.07, 6.45) is 0.645. The summed E-state index contributed by atoms with van der Waals surface area (Å²) in [5.74, 6) is -3.50. The second-order valence-electron chi connectivity index (χ2n) is 6.40. The minimum absolute atomic E-state index is 0.172. The van der Waals surface area contributed by atoms with Crippen molar-refractivity contribution in [1.29, 1.82) is 0 Å². The van der Waals surface area contributed by atoms with Crippen molar-refractivity contribution >= 4 is 23.9 Å². The number of amides is 6. The number of nitrogens with one attached hydrogen (secondary N) is 3. The van der Waals surface area contributed by atoms with Gasteiger partial charge in [-0.3, -0.25) is 19.8 Å². The van der Waals surface area contributed by atoms with E-state index in [1.165, 1.54) is 6.92 Å². The highest BCUT2D eigenvalue weighted by atomic mass is 19.1. The number of imide groups is 2. The molecular weight excluding hydrogens is 362 g/mol. The molecule has 6 amide bonds. The molecule has 0 spiro atoms. The van der Waals surface area contributed by atoms with E-state index in [9.17, 15) is 28.0 Å². The molecule has 146 valence electrons. The topological polar surface area (TPSA) is 108 Å². The van der Waals surface area contributed by atoms with Gasteiger partial charge in [0.2, 0.25) is 5.91 Å². The van der Waals surface area contributed by atoms with E-state index in [4.69, 9.17) is 0 Å². The molecule has 1 aromatic carbocycles. The van der Waals surface area contributed by atoms with E-state index in [2.05, 4.69) is 10.6 Å². The molecule has 0 aromatic heterocycles. The molecule has 1 aromatic rings. The Balaban J connectivity index is 2.13. The van der Waals surface area contributed by atoms with Crippen molar-refractivity contribution < 1.29 is 28.0 Å². The van der Waals surface area contributed by atoms with Crippen LogP contribution in [-0.4, -0.2) is 41.4 Å². The highest BCUT2D eigenvalue weighted by Gasteiger charge is 2.50. The summed E-state index contributed by atoms with van der Waals surface area (Å²) in [5.41, 5.74) is -2.24. The van der Waals surface area contributed by atoms with Crippen LogP contribution in [0.15, 0.2) is 18.2 Å². The fourth-order valence-electron chi connectivity index (χ4n) is 2.58. The Morgan fingerprint density at radius 3 is 2.59 bits per heavy atom. The predicted molar refractivity (Wildman–Crippen MR) is 90.4 cm³/mol. The average molecular weight is 382 g/mol. The van der Waals surface area contributed by atoms with Crippen LogP contribution >= 0.6 is 0 Å². The Hall–Kier alpha value is -3.04. The zero-order valence-electron chi connectivity index (χ0n) is 15.1. The Morgan fingerprint density at radius 1 is 1.30 bits per heavy atom. The molecule has 1 saturated heterocycles. The molecule has 0 unspecified atom stereocenters. The van der Waals surface area contributed by atoms with Gasteiger partial charge in [-0.25, -0.2) is 18.4 Å². The summed E-state index contributed by atoms with van der Waals surface area (Å²) >= 11 is 0. The van der Waals surface area contributed by atoms with Gasteiger partial charge in [-0.15, -0.1) is 0 Å². The summed E-state index contributed by atoms with van der Waals surface area (Å²) in [6.45, 7) is 4.04. The standard InChI is InChI=1S/C17H20F2N4O4/c1-4-9(2)20-15(26)21-13(24)8-23-14(25)17(3,22-16(23)27)11-7-10(18)5-6-12(11)19/h5-7,9H,4,8H2,1-3H3,(H,22,27)(H2,20,21,24,26)/t9-,17-/m0/s1. The Labute approximate surface area is 154 Å². The first-order valence-electron chi connectivity index (χ1n) is 8.28. The summed E-state index contributed by atoms with van der Waals surface area (Å²) in [5, 5.41) is 6.77. The molecule has 3 N–H and O–H groups in total. The molecule has 2 atom stereocenters. The van der Waals surface area contributed by atoms with Crippen LogP contribution in [0.2, 0.25) is 0 Å². The quantitative estimate of drug-likeness (QED) is 0.668. The molecular formula is C17H20F2N4O4. The van der Waals surface area contributed by atoms with Gasteiger partial charge in [0, 0.05) is 11.6 Å². The highest BCUT2D eigenvalue weighted by molar-refractivity contribution is 6.10. The van der Waals surface area contributed by atoms with E-state index in [0.29, 0.717) is 11.3 Å². The summed E-state index contributed by atoms with van der Waals surface area (Å²) in [4.78, 5) is 48.9. The minimum atomic E-state index is -1.87. The normalized spacial score (nSPS) is 20.3. The minimum Gasteiger partial charge on any atom is -0.335 e. The number of carbonyl (C=O) groups is 4. The first kappa shape index (κ1) is 20.3. The van der Waals surface area contributed by atoms with Crippen LogP contribution in [0, 0.1) is 11.6 Å². The summed E-state index contributed by atoms with van der Waals surface area (Å²) in [7, 11) is 0. The lowest BCUT2D eigenvalue weighted by Gasteiger charge is -2.22. The number of hydrogen-bond acceptors (Lipinski definition) is 4. The number of carbonyl (C=O) groups excluding carboxylic acids is 4. The summed E-state index contributed by atoms with van der Waals surface area (Å²) < 4.78 is 27.5. The second kappa shape index (κ2) is 7.68. The second-order valence-corrected chi connectivity index (χ2v) is 6.40.